The predicted molar refractivity (Wildman–Crippen MR) is 105 cm³/mol. The van der Waals surface area contributed by atoms with Crippen molar-refractivity contribution in [2.24, 2.45) is 0 Å². The number of hydrogen-bond acceptors (Lipinski definition) is 4. The highest BCUT2D eigenvalue weighted by Crippen LogP contribution is 2.20. The van der Waals surface area contributed by atoms with Gasteiger partial charge in [0.05, 0.1) is 0 Å². The van der Waals surface area contributed by atoms with Crippen molar-refractivity contribution in [3.8, 4) is 0 Å². The van der Waals surface area contributed by atoms with Crippen LogP contribution in [0.25, 0.3) is 0 Å². The van der Waals surface area contributed by atoms with Crippen LogP contribution in [0.3, 0.4) is 0 Å². The molecule has 2 aromatic carbocycles. The minimum Gasteiger partial charge on any atom is -0.456 e. The van der Waals surface area contributed by atoms with Crippen molar-refractivity contribution < 1.29 is 19.1 Å². The lowest BCUT2D eigenvalue weighted by atomic mass is 10.2. The van der Waals surface area contributed by atoms with E-state index in [0.29, 0.717) is 22.8 Å². The molecule has 0 aromatic heterocycles. The molecular formula is C20H21ClN2O4. The van der Waals surface area contributed by atoms with Gasteiger partial charge in [-0.2, -0.15) is 0 Å². The number of aryl methyl sites for hydroxylation is 1. The molecule has 0 spiro atoms. The summed E-state index contributed by atoms with van der Waals surface area (Å²) in [6.07, 6.45) is 0.593. The molecule has 0 fully saturated rings. The molecule has 0 unspecified atom stereocenters. The Labute approximate surface area is 162 Å². The van der Waals surface area contributed by atoms with Crippen LogP contribution in [-0.4, -0.2) is 24.4 Å². The normalized spacial score (nSPS) is 10.1. The first-order valence-corrected chi connectivity index (χ1v) is 8.88. The van der Waals surface area contributed by atoms with E-state index in [-0.39, 0.29) is 25.4 Å². The molecule has 2 aromatic rings. The summed E-state index contributed by atoms with van der Waals surface area (Å²) < 4.78 is 4.93. The number of amides is 2. The monoisotopic (exact) mass is 388 g/mol. The molecule has 0 heterocycles. The summed E-state index contributed by atoms with van der Waals surface area (Å²) in [7, 11) is 0. The number of esters is 1. The molecule has 142 valence electrons. The summed E-state index contributed by atoms with van der Waals surface area (Å²) in [5.41, 5.74) is 2.13. The van der Waals surface area contributed by atoms with Gasteiger partial charge in [0, 0.05) is 29.2 Å². The minimum atomic E-state index is -0.527. The molecule has 0 aliphatic rings. The lowest BCUT2D eigenvalue weighted by Gasteiger charge is -2.09. The van der Waals surface area contributed by atoms with Crippen LogP contribution in [0.5, 0.6) is 0 Å². The highest BCUT2D eigenvalue weighted by molar-refractivity contribution is 6.31. The number of para-hydroxylation sites is 1. The number of nitrogens with one attached hydrogen (secondary N) is 2. The van der Waals surface area contributed by atoms with E-state index in [1.807, 2.05) is 25.1 Å². The summed E-state index contributed by atoms with van der Waals surface area (Å²) in [4.78, 5) is 35.4. The number of benzene rings is 2. The maximum atomic E-state index is 11.9. The SMILES string of the molecule is Cc1ccc(Cl)cc1NC(=O)COC(=O)CCCC(=O)Nc1ccccc1. The third-order valence-corrected chi connectivity index (χ3v) is 3.92. The molecule has 0 aliphatic heterocycles. The number of carbonyl (C=O) groups is 3. The Bertz CT molecular complexity index is 809. The van der Waals surface area contributed by atoms with Gasteiger partial charge in [0.1, 0.15) is 0 Å². The van der Waals surface area contributed by atoms with Gasteiger partial charge in [-0.25, -0.2) is 0 Å². The van der Waals surface area contributed by atoms with E-state index in [1.54, 1.807) is 30.3 Å². The Morgan fingerprint density at radius 1 is 0.963 bits per heavy atom. The second kappa shape index (κ2) is 10.3. The van der Waals surface area contributed by atoms with Crippen molar-refractivity contribution in [2.75, 3.05) is 17.2 Å². The molecule has 0 saturated carbocycles. The van der Waals surface area contributed by atoms with E-state index < -0.39 is 11.9 Å². The smallest absolute Gasteiger partial charge is 0.306 e. The summed E-state index contributed by atoms with van der Waals surface area (Å²) >= 11 is 5.89. The molecule has 0 atom stereocenters. The van der Waals surface area contributed by atoms with E-state index in [9.17, 15) is 14.4 Å². The molecular weight excluding hydrogens is 368 g/mol. The number of hydrogen-bond donors (Lipinski definition) is 2. The molecule has 0 saturated heterocycles. The average Bonchev–Trinajstić information content (AvgIpc) is 2.64. The van der Waals surface area contributed by atoms with Crippen LogP contribution in [0.1, 0.15) is 24.8 Å². The number of anilines is 2. The van der Waals surface area contributed by atoms with Gasteiger partial charge in [-0.15, -0.1) is 0 Å². The van der Waals surface area contributed by atoms with Crippen molar-refractivity contribution in [2.45, 2.75) is 26.2 Å². The minimum absolute atomic E-state index is 0.0612. The first kappa shape index (κ1) is 20.5. The van der Waals surface area contributed by atoms with Crippen LogP contribution >= 0.6 is 11.6 Å². The van der Waals surface area contributed by atoms with Crippen LogP contribution in [0.4, 0.5) is 11.4 Å². The van der Waals surface area contributed by atoms with Gasteiger partial charge >= 0.3 is 5.97 Å². The first-order valence-electron chi connectivity index (χ1n) is 8.50. The number of halogens is 1. The van der Waals surface area contributed by atoms with Gasteiger partial charge in [-0.3, -0.25) is 14.4 Å². The zero-order valence-electron chi connectivity index (χ0n) is 15.0. The molecule has 6 nitrogen and oxygen atoms in total. The lowest BCUT2D eigenvalue weighted by Crippen LogP contribution is -2.21. The van der Waals surface area contributed by atoms with E-state index in [2.05, 4.69) is 10.6 Å². The van der Waals surface area contributed by atoms with E-state index in [4.69, 9.17) is 16.3 Å². The Balaban J connectivity index is 1.65. The molecule has 27 heavy (non-hydrogen) atoms. The second-order valence-electron chi connectivity index (χ2n) is 5.94. The summed E-state index contributed by atoms with van der Waals surface area (Å²) in [6, 6.07) is 14.2. The Kier molecular flexibility index (Phi) is 7.82. The van der Waals surface area contributed by atoms with Crippen LogP contribution in [-0.2, 0) is 19.1 Å². The van der Waals surface area contributed by atoms with Gasteiger partial charge in [0.2, 0.25) is 5.91 Å². The Morgan fingerprint density at radius 3 is 2.44 bits per heavy atom. The van der Waals surface area contributed by atoms with Gasteiger partial charge in [-0.1, -0.05) is 35.9 Å². The van der Waals surface area contributed by atoms with E-state index >= 15 is 0 Å². The highest BCUT2D eigenvalue weighted by Gasteiger charge is 2.10. The lowest BCUT2D eigenvalue weighted by molar-refractivity contribution is -0.147. The maximum Gasteiger partial charge on any atom is 0.306 e. The molecule has 2 amide bonds. The third-order valence-electron chi connectivity index (χ3n) is 3.68. The van der Waals surface area contributed by atoms with Crippen molar-refractivity contribution in [1.82, 2.24) is 0 Å². The second-order valence-corrected chi connectivity index (χ2v) is 6.37. The molecule has 2 N–H and O–H groups in total. The zero-order valence-corrected chi connectivity index (χ0v) is 15.7. The summed E-state index contributed by atoms with van der Waals surface area (Å²) in [5.74, 6) is -1.15. The largest absolute Gasteiger partial charge is 0.456 e. The van der Waals surface area contributed by atoms with E-state index in [1.165, 1.54) is 0 Å². The van der Waals surface area contributed by atoms with Crippen molar-refractivity contribution in [1.29, 1.82) is 0 Å². The quantitative estimate of drug-likeness (QED) is 0.671. The van der Waals surface area contributed by atoms with Gasteiger partial charge in [-0.05, 0) is 43.2 Å². The van der Waals surface area contributed by atoms with Gasteiger partial charge < -0.3 is 15.4 Å². The average molecular weight is 389 g/mol. The maximum absolute atomic E-state index is 11.9. The summed E-state index contributed by atoms with van der Waals surface area (Å²) in [5, 5.41) is 5.88. The molecule has 0 bridgehead atoms. The van der Waals surface area contributed by atoms with Gasteiger partial charge in [0.25, 0.3) is 5.91 Å². The standard InChI is InChI=1S/C20H21ClN2O4/c1-14-10-11-15(21)12-17(14)23-19(25)13-27-20(26)9-5-8-18(24)22-16-6-3-2-4-7-16/h2-4,6-7,10-12H,5,8-9,13H2,1H3,(H,22,24)(H,23,25). The predicted octanol–water partition coefficient (Wildman–Crippen LogP) is 3.94. The Morgan fingerprint density at radius 2 is 1.70 bits per heavy atom. The molecule has 7 heteroatoms. The van der Waals surface area contributed by atoms with Crippen molar-refractivity contribution >= 4 is 40.8 Å². The fraction of sp³-hybridized carbons (Fsp3) is 0.250. The Hall–Kier alpha value is -2.86. The number of carbonyl (C=O) groups excluding carboxylic acids is 3. The third kappa shape index (κ3) is 7.50. The van der Waals surface area contributed by atoms with E-state index in [0.717, 1.165) is 5.56 Å². The zero-order chi connectivity index (χ0) is 19.6. The van der Waals surface area contributed by atoms with Crippen molar-refractivity contribution in [3.63, 3.8) is 0 Å². The number of rotatable bonds is 8. The fourth-order valence-electron chi connectivity index (χ4n) is 2.27. The molecule has 2 rings (SSSR count). The topological polar surface area (TPSA) is 84.5 Å². The summed E-state index contributed by atoms with van der Waals surface area (Å²) in [6.45, 7) is 1.44. The van der Waals surface area contributed by atoms with Crippen LogP contribution < -0.4 is 10.6 Å². The molecule has 0 radical (unpaired) electrons. The highest BCUT2D eigenvalue weighted by atomic mass is 35.5. The first-order chi connectivity index (χ1) is 12.9. The van der Waals surface area contributed by atoms with Gasteiger partial charge in [0.15, 0.2) is 6.61 Å². The van der Waals surface area contributed by atoms with Crippen LogP contribution in [0.2, 0.25) is 5.02 Å². The van der Waals surface area contributed by atoms with Crippen molar-refractivity contribution in [3.05, 3.63) is 59.1 Å². The fourth-order valence-corrected chi connectivity index (χ4v) is 2.44. The van der Waals surface area contributed by atoms with Crippen LogP contribution in [0, 0.1) is 6.92 Å². The number of ether oxygens (including phenoxy) is 1. The molecule has 0 aliphatic carbocycles. The van der Waals surface area contributed by atoms with Crippen LogP contribution in [0.15, 0.2) is 48.5 Å².